The number of hydrogen-bond donors (Lipinski definition) is 1. The molecule has 1 aromatic heterocycles. The lowest BCUT2D eigenvalue weighted by atomic mass is 9.92. The molecular formula is C22H16ClF4N3O3S. The van der Waals surface area contributed by atoms with Crippen LogP contribution in [0.15, 0.2) is 60.2 Å². The fraction of sp³-hybridized carbons (Fsp3) is 0.182. The third kappa shape index (κ3) is 4.71. The first-order valence-electron chi connectivity index (χ1n) is 9.80. The molecule has 0 fully saturated rings. The molecule has 0 saturated heterocycles. The molecule has 0 radical (unpaired) electrons. The van der Waals surface area contributed by atoms with E-state index in [4.69, 9.17) is 11.6 Å². The molecule has 1 unspecified atom stereocenters. The van der Waals surface area contributed by atoms with Crippen LogP contribution in [0.5, 0.6) is 0 Å². The Labute approximate surface area is 196 Å². The van der Waals surface area contributed by atoms with Crippen molar-refractivity contribution in [2.24, 2.45) is 0 Å². The van der Waals surface area contributed by atoms with Gasteiger partial charge in [0.25, 0.3) is 5.91 Å². The standard InChI is InChI=1S/C22H16ClF4N3O3S/c1-34(32,33)29-21(31)15-10-16(23)19(11-17(15)24)30-18-5-3-2-4-14(18)20(28-30)12-6-8-13(9-7-12)22(25,26)27/h2-6,8-12H,7H2,1H3,(H,29,31). The lowest BCUT2D eigenvalue weighted by molar-refractivity contribution is -0.0886. The molecule has 0 spiro atoms. The number of halogens is 5. The first kappa shape index (κ1) is 24.0. The highest BCUT2D eigenvalue weighted by molar-refractivity contribution is 7.89. The van der Waals surface area contributed by atoms with Crippen LogP contribution in [-0.2, 0) is 10.0 Å². The number of amides is 1. The number of benzene rings is 2. The van der Waals surface area contributed by atoms with E-state index in [-0.39, 0.29) is 17.1 Å². The van der Waals surface area contributed by atoms with Crippen LogP contribution in [0.4, 0.5) is 17.6 Å². The Morgan fingerprint density at radius 3 is 2.56 bits per heavy atom. The summed E-state index contributed by atoms with van der Waals surface area (Å²) in [6, 6.07) is 8.81. The lowest BCUT2D eigenvalue weighted by Crippen LogP contribution is -2.30. The first-order valence-corrected chi connectivity index (χ1v) is 12.1. The SMILES string of the molecule is CS(=O)(=O)NC(=O)c1cc(Cl)c(-n2nc(C3C=CC(C(F)(F)F)=CC3)c3ccccc32)cc1F. The summed E-state index contributed by atoms with van der Waals surface area (Å²) in [5.74, 6) is -2.67. The highest BCUT2D eigenvalue weighted by Gasteiger charge is 2.33. The van der Waals surface area contributed by atoms with Crippen molar-refractivity contribution < 1.29 is 30.8 Å². The molecule has 0 bridgehead atoms. The Balaban J connectivity index is 1.77. The zero-order valence-corrected chi connectivity index (χ0v) is 19.0. The Morgan fingerprint density at radius 2 is 1.94 bits per heavy atom. The van der Waals surface area contributed by atoms with Crippen molar-refractivity contribution in [3.8, 4) is 5.69 Å². The number of nitrogens with one attached hydrogen (secondary N) is 1. The Hall–Kier alpha value is -3.18. The molecule has 4 rings (SSSR count). The molecule has 3 aromatic rings. The minimum Gasteiger partial charge on any atom is -0.268 e. The third-order valence-electron chi connectivity index (χ3n) is 5.18. The average molecular weight is 514 g/mol. The minimum atomic E-state index is -4.45. The first-order chi connectivity index (χ1) is 15.8. The maximum atomic E-state index is 14.8. The molecule has 1 heterocycles. The molecule has 178 valence electrons. The number of hydrogen-bond acceptors (Lipinski definition) is 4. The smallest absolute Gasteiger partial charge is 0.268 e. The van der Waals surface area contributed by atoms with Gasteiger partial charge in [0.2, 0.25) is 10.0 Å². The Morgan fingerprint density at radius 1 is 1.24 bits per heavy atom. The number of allylic oxidation sites excluding steroid dienone is 4. The predicted molar refractivity (Wildman–Crippen MR) is 119 cm³/mol. The molecule has 1 atom stereocenters. The summed E-state index contributed by atoms with van der Waals surface area (Å²) in [6.07, 6.45) is -0.103. The van der Waals surface area contributed by atoms with E-state index in [9.17, 15) is 30.8 Å². The van der Waals surface area contributed by atoms with Gasteiger partial charge in [-0.3, -0.25) is 4.79 Å². The van der Waals surface area contributed by atoms with Gasteiger partial charge in [-0.25, -0.2) is 22.2 Å². The maximum Gasteiger partial charge on any atom is 0.416 e. The molecule has 34 heavy (non-hydrogen) atoms. The highest BCUT2D eigenvalue weighted by Crippen LogP contribution is 2.37. The number of carbonyl (C=O) groups excluding carboxylic acids is 1. The van der Waals surface area contributed by atoms with Gasteiger partial charge in [-0.2, -0.15) is 18.3 Å². The number of fused-ring (bicyclic) bond motifs is 1. The normalized spacial score (nSPS) is 16.5. The topological polar surface area (TPSA) is 81.1 Å². The fourth-order valence-corrected chi connectivity index (χ4v) is 4.37. The van der Waals surface area contributed by atoms with E-state index in [2.05, 4.69) is 5.10 Å². The van der Waals surface area contributed by atoms with Crippen molar-refractivity contribution in [3.05, 3.63) is 82.3 Å². The second-order valence-electron chi connectivity index (χ2n) is 7.66. The van der Waals surface area contributed by atoms with Crippen LogP contribution >= 0.6 is 11.6 Å². The van der Waals surface area contributed by atoms with Crippen LogP contribution in [-0.4, -0.2) is 36.5 Å². The van der Waals surface area contributed by atoms with E-state index < -0.39 is 45.0 Å². The van der Waals surface area contributed by atoms with Crippen molar-refractivity contribution in [2.75, 3.05) is 6.26 Å². The van der Waals surface area contributed by atoms with E-state index in [1.54, 1.807) is 29.0 Å². The van der Waals surface area contributed by atoms with Gasteiger partial charge in [-0.15, -0.1) is 0 Å². The van der Waals surface area contributed by atoms with E-state index in [1.165, 1.54) is 10.8 Å². The average Bonchev–Trinajstić information content (AvgIpc) is 3.13. The Kier molecular flexibility index (Phi) is 6.03. The third-order valence-corrected chi connectivity index (χ3v) is 6.04. The van der Waals surface area contributed by atoms with Crippen LogP contribution in [0.2, 0.25) is 5.02 Å². The summed E-state index contributed by atoms with van der Waals surface area (Å²) in [5.41, 5.74) is -0.244. The number of nitrogens with zero attached hydrogens (tertiary/aromatic N) is 2. The summed E-state index contributed by atoms with van der Waals surface area (Å²) in [6.45, 7) is 0. The van der Waals surface area contributed by atoms with Crippen LogP contribution in [0, 0.1) is 5.82 Å². The fourth-order valence-electron chi connectivity index (χ4n) is 3.68. The van der Waals surface area contributed by atoms with Gasteiger partial charge in [0, 0.05) is 17.4 Å². The minimum absolute atomic E-state index is 0.0685. The number of aromatic nitrogens is 2. The van der Waals surface area contributed by atoms with Gasteiger partial charge < -0.3 is 0 Å². The van der Waals surface area contributed by atoms with E-state index in [1.807, 2.05) is 0 Å². The second-order valence-corrected chi connectivity index (χ2v) is 9.82. The van der Waals surface area contributed by atoms with Crippen LogP contribution in [0.3, 0.4) is 0 Å². The molecule has 12 heteroatoms. The number of rotatable bonds is 4. The summed E-state index contributed by atoms with van der Waals surface area (Å²) in [5, 5.41) is 5.06. The van der Waals surface area contributed by atoms with Crippen LogP contribution in [0.1, 0.15) is 28.4 Å². The molecule has 0 aliphatic heterocycles. The van der Waals surface area contributed by atoms with Gasteiger partial charge >= 0.3 is 6.18 Å². The number of alkyl halides is 3. The summed E-state index contributed by atoms with van der Waals surface area (Å²) in [4.78, 5) is 12.1. The molecular weight excluding hydrogens is 498 g/mol. The van der Waals surface area contributed by atoms with Crippen molar-refractivity contribution in [3.63, 3.8) is 0 Å². The summed E-state index contributed by atoms with van der Waals surface area (Å²) < 4.78 is 79.3. The summed E-state index contributed by atoms with van der Waals surface area (Å²) >= 11 is 6.31. The second kappa shape index (κ2) is 8.55. The van der Waals surface area contributed by atoms with Gasteiger partial charge in [0.15, 0.2) is 0 Å². The zero-order chi connectivity index (χ0) is 24.8. The molecule has 1 amide bonds. The molecule has 1 aliphatic carbocycles. The molecule has 1 N–H and O–H groups in total. The molecule has 6 nitrogen and oxygen atoms in total. The maximum absolute atomic E-state index is 14.8. The quantitative estimate of drug-likeness (QED) is 0.496. The highest BCUT2D eigenvalue weighted by atomic mass is 35.5. The Bertz CT molecular complexity index is 1480. The van der Waals surface area contributed by atoms with E-state index >= 15 is 0 Å². The van der Waals surface area contributed by atoms with Crippen LogP contribution < -0.4 is 4.72 Å². The van der Waals surface area contributed by atoms with E-state index in [0.717, 1.165) is 30.5 Å². The molecule has 2 aromatic carbocycles. The molecule has 1 aliphatic rings. The zero-order valence-electron chi connectivity index (χ0n) is 17.4. The van der Waals surface area contributed by atoms with Gasteiger partial charge in [-0.1, -0.05) is 48.0 Å². The van der Waals surface area contributed by atoms with Crippen LogP contribution in [0.25, 0.3) is 16.6 Å². The number of sulfonamides is 1. The number of carbonyl (C=O) groups is 1. The summed E-state index contributed by atoms with van der Waals surface area (Å²) in [7, 11) is -3.92. The van der Waals surface area contributed by atoms with Gasteiger partial charge in [0.05, 0.1) is 39.3 Å². The van der Waals surface area contributed by atoms with Crippen molar-refractivity contribution in [1.29, 1.82) is 0 Å². The van der Waals surface area contributed by atoms with Crippen molar-refractivity contribution >= 4 is 38.4 Å². The monoisotopic (exact) mass is 513 g/mol. The molecule has 0 saturated carbocycles. The van der Waals surface area contributed by atoms with Crippen molar-refractivity contribution in [2.45, 2.75) is 18.5 Å². The van der Waals surface area contributed by atoms with Gasteiger partial charge in [0.1, 0.15) is 5.82 Å². The lowest BCUT2D eigenvalue weighted by Gasteiger charge is -2.16. The van der Waals surface area contributed by atoms with Crippen molar-refractivity contribution in [1.82, 2.24) is 14.5 Å². The predicted octanol–water partition coefficient (Wildman–Crippen LogP) is 5.04. The number of para-hydroxylation sites is 1. The van der Waals surface area contributed by atoms with E-state index in [0.29, 0.717) is 16.6 Å². The van der Waals surface area contributed by atoms with Gasteiger partial charge in [-0.05, 0) is 18.6 Å². The largest absolute Gasteiger partial charge is 0.416 e.